The second-order valence-electron chi connectivity index (χ2n) is 8.17. The lowest BCUT2D eigenvalue weighted by Crippen LogP contribution is -2.44. The largest absolute Gasteiger partial charge is 0.354 e. The minimum Gasteiger partial charge on any atom is -0.354 e. The van der Waals surface area contributed by atoms with Crippen LogP contribution >= 0.6 is 0 Å². The molecule has 172 valence electrons. The maximum absolute atomic E-state index is 13.9. The molecule has 2 amide bonds. The van der Waals surface area contributed by atoms with Crippen LogP contribution < -0.4 is 10.6 Å². The molecular formula is C21H29F2N3O4S. The summed E-state index contributed by atoms with van der Waals surface area (Å²) in [5, 5.41) is 5.64. The lowest BCUT2D eigenvalue weighted by atomic mass is 9.89. The van der Waals surface area contributed by atoms with Crippen molar-refractivity contribution < 1.29 is 26.8 Å². The van der Waals surface area contributed by atoms with Crippen LogP contribution in [0.1, 0.15) is 44.9 Å². The predicted molar refractivity (Wildman–Crippen MR) is 110 cm³/mol. The first-order valence-corrected chi connectivity index (χ1v) is 12.2. The third-order valence-electron chi connectivity index (χ3n) is 6.04. The lowest BCUT2D eigenvalue weighted by Gasteiger charge is -2.30. The van der Waals surface area contributed by atoms with Crippen molar-refractivity contribution in [1.82, 2.24) is 14.9 Å². The van der Waals surface area contributed by atoms with Crippen molar-refractivity contribution >= 4 is 21.8 Å². The fourth-order valence-electron chi connectivity index (χ4n) is 4.20. The molecule has 1 heterocycles. The molecule has 1 saturated heterocycles. The summed E-state index contributed by atoms with van der Waals surface area (Å²) in [5.41, 5.74) is 0. The second kappa shape index (κ2) is 10.5. The van der Waals surface area contributed by atoms with E-state index in [2.05, 4.69) is 10.6 Å². The molecule has 2 aliphatic rings. The van der Waals surface area contributed by atoms with Crippen LogP contribution in [-0.4, -0.2) is 50.7 Å². The van der Waals surface area contributed by atoms with Crippen molar-refractivity contribution in [3.05, 3.63) is 29.8 Å². The van der Waals surface area contributed by atoms with Gasteiger partial charge in [0.05, 0.1) is 0 Å². The van der Waals surface area contributed by atoms with Crippen LogP contribution in [0.3, 0.4) is 0 Å². The van der Waals surface area contributed by atoms with E-state index in [9.17, 15) is 26.8 Å². The average molecular weight is 458 g/mol. The van der Waals surface area contributed by atoms with E-state index < -0.39 is 26.6 Å². The highest BCUT2D eigenvalue weighted by atomic mass is 32.2. The van der Waals surface area contributed by atoms with Gasteiger partial charge in [0.25, 0.3) is 0 Å². The van der Waals surface area contributed by atoms with Crippen LogP contribution in [0.4, 0.5) is 8.78 Å². The highest BCUT2D eigenvalue weighted by molar-refractivity contribution is 7.89. The normalized spacial score (nSPS) is 19.2. The molecule has 10 heteroatoms. The molecule has 0 unspecified atom stereocenters. The van der Waals surface area contributed by atoms with Gasteiger partial charge < -0.3 is 10.6 Å². The molecule has 0 spiro atoms. The molecule has 1 aliphatic carbocycles. The summed E-state index contributed by atoms with van der Waals surface area (Å²) in [4.78, 5) is 23.8. The summed E-state index contributed by atoms with van der Waals surface area (Å²) in [6, 6.07) is 2.32. The Balaban J connectivity index is 1.42. The van der Waals surface area contributed by atoms with Gasteiger partial charge in [-0.05, 0) is 43.9 Å². The molecule has 31 heavy (non-hydrogen) atoms. The molecule has 1 saturated carbocycles. The van der Waals surface area contributed by atoms with Gasteiger partial charge in [-0.3, -0.25) is 9.59 Å². The second-order valence-corrected chi connectivity index (χ2v) is 10.1. The summed E-state index contributed by atoms with van der Waals surface area (Å²) >= 11 is 0. The molecule has 0 bridgehead atoms. The fourth-order valence-corrected chi connectivity index (χ4v) is 5.74. The molecule has 0 aromatic heterocycles. The van der Waals surface area contributed by atoms with Crippen molar-refractivity contribution in [3.63, 3.8) is 0 Å². The van der Waals surface area contributed by atoms with Crippen LogP contribution in [0.5, 0.6) is 0 Å². The topological polar surface area (TPSA) is 95.6 Å². The van der Waals surface area contributed by atoms with E-state index in [1.807, 2.05) is 0 Å². The maximum atomic E-state index is 13.9. The minimum absolute atomic E-state index is 0.0389. The van der Waals surface area contributed by atoms with E-state index in [1.54, 1.807) is 0 Å². The molecule has 7 nitrogen and oxygen atoms in total. The van der Waals surface area contributed by atoms with Crippen molar-refractivity contribution in [3.8, 4) is 0 Å². The molecule has 1 aromatic carbocycles. The molecule has 2 N–H and O–H groups in total. The van der Waals surface area contributed by atoms with E-state index in [-0.39, 0.29) is 49.6 Å². The maximum Gasteiger partial charge on any atom is 0.246 e. The van der Waals surface area contributed by atoms with E-state index in [0.29, 0.717) is 19.2 Å². The van der Waals surface area contributed by atoms with Crippen molar-refractivity contribution in [2.75, 3.05) is 26.2 Å². The monoisotopic (exact) mass is 457 g/mol. The lowest BCUT2D eigenvalue weighted by molar-refractivity contribution is -0.127. The smallest absolute Gasteiger partial charge is 0.246 e. The number of benzene rings is 1. The Morgan fingerprint density at radius 1 is 0.903 bits per heavy atom. The standard InChI is InChI=1S/C21H29F2N3O4S/c22-17-6-7-18(23)19(14-17)31(29,30)26-12-8-16(9-13-26)21(28)25-11-10-24-20(27)15-4-2-1-3-5-15/h6-7,14-16H,1-5,8-13H2,(H,24,27)(H,25,28). The summed E-state index contributed by atoms with van der Waals surface area (Å²) in [6.07, 6.45) is 5.74. The molecule has 0 radical (unpaired) electrons. The van der Waals surface area contributed by atoms with E-state index in [0.717, 1.165) is 42.1 Å². The Morgan fingerprint density at radius 3 is 2.03 bits per heavy atom. The first kappa shape index (κ1) is 23.6. The van der Waals surface area contributed by atoms with Crippen LogP contribution in [0.25, 0.3) is 0 Å². The molecule has 2 fully saturated rings. The Morgan fingerprint density at radius 2 is 1.45 bits per heavy atom. The van der Waals surface area contributed by atoms with Crippen molar-refractivity contribution in [2.45, 2.75) is 49.8 Å². The molecular weight excluding hydrogens is 428 g/mol. The summed E-state index contributed by atoms with van der Waals surface area (Å²) < 4.78 is 53.6. The third kappa shape index (κ3) is 6.00. The minimum atomic E-state index is -4.17. The molecule has 1 aliphatic heterocycles. The van der Waals surface area contributed by atoms with Crippen molar-refractivity contribution in [2.24, 2.45) is 11.8 Å². The number of carbonyl (C=O) groups is 2. The summed E-state index contributed by atoms with van der Waals surface area (Å²) in [7, 11) is -4.17. The average Bonchev–Trinajstić information content (AvgIpc) is 2.78. The predicted octanol–water partition coefficient (Wildman–Crippen LogP) is 2.18. The number of sulfonamides is 1. The number of nitrogens with zero attached hydrogens (tertiary/aromatic N) is 1. The fraction of sp³-hybridized carbons (Fsp3) is 0.619. The quantitative estimate of drug-likeness (QED) is 0.614. The number of rotatable bonds is 7. The zero-order chi connectivity index (χ0) is 22.4. The van der Waals surface area contributed by atoms with Crippen molar-refractivity contribution in [1.29, 1.82) is 0 Å². The van der Waals surface area contributed by atoms with Gasteiger partial charge in [0.1, 0.15) is 16.5 Å². The molecule has 0 atom stereocenters. The third-order valence-corrected chi connectivity index (χ3v) is 7.95. The summed E-state index contributed by atoms with van der Waals surface area (Å²) in [6.45, 7) is 0.765. The van der Waals surface area contributed by atoms with Gasteiger partial charge in [-0.2, -0.15) is 4.31 Å². The van der Waals surface area contributed by atoms with Gasteiger partial charge in [-0.15, -0.1) is 0 Å². The highest BCUT2D eigenvalue weighted by Gasteiger charge is 2.33. The van der Waals surface area contributed by atoms with Gasteiger partial charge >= 0.3 is 0 Å². The Hall–Kier alpha value is -2.07. The molecule has 1 aromatic rings. The number of nitrogens with one attached hydrogen (secondary N) is 2. The van der Waals surface area contributed by atoms with E-state index in [1.165, 1.54) is 6.42 Å². The summed E-state index contributed by atoms with van der Waals surface area (Å²) in [5.74, 6) is -2.28. The number of carbonyl (C=O) groups excluding carboxylic acids is 2. The Kier molecular flexibility index (Phi) is 7.99. The highest BCUT2D eigenvalue weighted by Crippen LogP contribution is 2.26. The Labute approximate surface area is 181 Å². The van der Waals surface area contributed by atoms with Gasteiger partial charge in [0.15, 0.2) is 0 Å². The number of halogens is 2. The van der Waals surface area contributed by atoms with E-state index >= 15 is 0 Å². The first-order chi connectivity index (χ1) is 14.8. The van der Waals surface area contributed by atoms with Crippen LogP contribution in [0.2, 0.25) is 0 Å². The zero-order valence-electron chi connectivity index (χ0n) is 17.4. The SMILES string of the molecule is O=C(NCCNC(=O)C1CCN(S(=O)(=O)c2cc(F)ccc2F)CC1)C1CCCCC1. The van der Waals surface area contributed by atoms with Crippen LogP contribution in [0, 0.1) is 23.5 Å². The number of amides is 2. The molecule has 3 rings (SSSR count). The van der Waals surface area contributed by atoms with E-state index in [4.69, 9.17) is 0 Å². The Bertz CT molecular complexity index is 896. The first-order valence-electron chi connectivity index (χ1n) is 10.8. The number of hydrogen-bond acceptors (Lipinski definition) is 4. The van der Waals surface area contributed by atoms with Gasteiger partial charge in [0.2, 0.25) is 21.8 Å². The van der Waals surface area contributed by atoms with Gasteiger partial charge in [-0.25, -0.2) is 17.2 Å². The van der Waals surface area contributed by atoms with Gasteiger partial charge in [0, 0.05) is 38.0 Å². The van der Waals surface area contributed by atoms with Gasteiger partial charge in [-0.1, -0.05) is 19.3 Å². The zero-order valence-corrected chi connectivity index (χ0v) is 18.2. The number of piperidine rings is 1. The van der Waals surface area contributed by atoms with Crippen LogP contribution in [-0.2, 0) is 19.6 Å². The van der Waals surface area contributed by atoms with Crippen LogP contribution in [0.15, 0.2) is 23.1 Å². The number of hydrogen-bond donors (Lipinski definition) is 2.